The first kappa shape index (κ1) is 37.9. The third kappa shape index (κ3) is 7.05. The number of alkyl halides is 3. The Bertz CT molecular complexity index is 1350. The van der Waals surface area contributed by atoms with Gasteiger partial charge in [0.25, 0.3) is 0 Å². The molecule has 0 aromatic carbocycles. The molecule has 2 spiro atoms. The van der Waals surface area contributed by atoms with Crippen LogP contribution in [0.25, 0.3) is 0 Å². The zero-order valence-electron chi connectivity index (χ0n) is 26.3. The van der Waals surface area contributed by atoms with E-state index in [1.54, 1.807) is 60.9 Å². The summed E-state index contributed by atoms with van der Waals surface area (Å²) in [6.07, 6.45) is -2.30. The number of ether oxygens (including phenoxy) is 2. The Morgan fingerprint density at radius 1 is 0.978 bits per heavy atom. The molecule has 250 valence electrons. The van der Waals surface area contributed by atoms with Crippen molar-refractivity contribution in [1.29, 1.82) is 0 Å². The number of halogens is 3. The Morgan fingerprint density at radius 2 is 1.50 bits per heavy atom. The van der Waals surface area contributed by atoms with Crippen LogP contribution in [0.15, 0.2) is 11.3 Å². The first-order chi connectivity index (χ1) is 21.4. The number of Topliss-reactive ketones (excluding diaryl/α,β-unsaturated/α-hetero) is 1. The van der Waals surface area contributed by atoms with Crippen molar-refractivity contribution in [3.63, 3.8) is 0 Å². The molecule has 46 heavy (non-hydrogen) atoms. The fourth-order valence-corrected chi connectivity index (χ4v) is 14.0. The smallest absolute Gasteiger partial charge is 0.875 e. The van der Waals surface area contributed by atoms with Gasteiger partial charge in [-0.2, -0.15) is 18.3 Å². The first-order valence-corrected chi connectivity index (χ1v) is 19.0. The molecule has 5 fully saturated rings. The summed E-state index contributed by atoms with van der Waals surface area (Å²) in [4.78, 5) is 34.2. The summed E-state index contributed by atoms with van der Waals surface area (Å²) >= 11 is 6.96. The van der Waals surface area contributed by atoms with Gasteiger partial charge in [0, 0.05) is 35.1 Å². The quantitative estimate of drug-likeness (QED) is 0.196. The van der Waals surface area contributed by atoms with Gasteiger partial charge >= 0.3 is 37.0 Å². The van der Waals surface area contributed by atoms with Gasteiger partial charge in [0.15, 0.2) is 11.5 Å². The number of hydrogen-bond donors (Lipinski definition) is 1. The minimum atomic E-state index is -4.49. The second-order valence-electron chi connectivity index (χ2n) is 11.3. The van der Waals surface area contributed by atoms with Gasteiger partial charge in [-0.1, -0.05) is 6.92 Å². The van der Waals surface area contributed by atoms with Gasteiger partial charge in [0.05, 0.1) is 25.3 Å². The Labute approximate surface area is 295 Å². The van der Waals surface area contributed by atoms with Gasteiger partial charge in [-0.3, -0.25) is 19.1 Å². The summed E-state index contributed by atoms with van der Waals surface area (Å²) in [5.74, 6) is 4.33. The summed E-state index contributed by atoms with van der Waals surface area (Å²) in [6.45, 7) is 5.74. The molecular formula is C29H37F3LiN3O6S4. The number of carbonyl (C=O) groups is 3. The molecule has 2 N–H and O–H groups in total. The molecule has 4 aliphatic carbocycles. The third-order valence-electron chi connectivity index (χ3n) is 8.50. The number of allylic oxidation sites excluding steroid dienone is 2. The summed E-state index contributed by atoms with van der Waals surface area (Å²) < 4.78 is 50.3. The molecule has 6 aliphatic rings. The average molecular weight is 716 g/mol. The van der Waals surface area contributed by atoms with Crippen molar-refractivity contribution in [3.8, 4) is 0 Å². The second-order valence-corrected chi connectivity index (χ2v) is 17.2. The number of hydrogen-bond acceptors (Lipinski definition) is 12. The molecule has 0 radical (unpaired) electrons. The second kappa shape index (κ2) is 14.9. The van der Waals surface area contributed by atoms with Crippen LogP contribution in [0.2, 0.25) is 0 Å². The van der Waals surface area contributed by atoms with Crippen molar-refractivity contribution in [2.24, 2.45) is 23.5 Å². The predicted molar refractivity (Wildman–Crippen MR) is 169 cm³/mol. The van der Waals surface area contributed by atoms with E-state index < -0.39 is 17.8 Å². The first-order valence-electron chi connectivity index (χ1n) is 15.0. The standard InChI is InChI=1S/C14H15F3N2O2S2.C10H12O2S2.C5H11NO2.Li/c1-2-21-9(20)6-19-12-10(11(18-19)14(15,16)17)7-5-8(7)13(12)22-3-4-23-13;1-5(11)8-6-4-7(6)10(9(8)12)13-2-3-14-10;1-2-8-5(7)3-4-6;/h7-8H,2-6H2,1H3;6-7,11H,2-4H2,1H3;2-4,6H2,1H3;/q;;;+1/p-1/b;8-5-;;/t7-,8+;6-,7+;;/m00../s1. The molecule has 17 heteroatoms. The van der Waals surface area contributed by atoms with E-state index in [4.69, 9.17) is 10.5 Å². The summed E-state index contributed by atoms with van der Waals surface area (Å²) in [5, 5.41) is 15.1. The Kier molecular flexibility index (Phi) is 12.3. The molecule has 9 nitrogen and oxygen atoms in total. The number of ketones is 1. The zero-order chi connectivity index (χ0) is 32.7. The van der Waals surface area contributed by atoms with Crippen molar-refractivity contribution < 1.29 is 61.0 Å². The fraction of sp³-hybridized carbons (Fsp3) is 0.724. The van der Waals surface area contributed by atoms with Gasteiger partial charge in [-0.05, 0) is 55.9 Å². The molecule has 1 aromatic heterocycles. The van der Waals surface area contributed by atoms with Crippen LogP contribution in [0.4, 0.5) is 13.2 Å². The number of carbonyl (C=O) groups excluding carboxylic acids is 3. The van der Waals surface area contributed by atoms with E-state index in [1.807, 2.05) is 0 Å². The van der Waals surface area contributed by atoms with Crippen molar-refractivity contribution in [1.82, 2.24) is 9.78 Å². The third-order valence-corrected chi connectivity index (χ3v) is 15.7. The zero-order valence-corrected chi connectivity index (χ0v) is 29.5. The molecule has 2 saturated heterocycles. The largest absolute Gasteiger partial charge is 1.00 e. The average Bonchev–Trinajstić information content (AvgIpc) is 3.63. The van der Waals surface area contributed by atoms with Crippen molar-refractivity contribution >= 4 is 64.8 Å². The van der Waals surface area contributed by atoms with Crippen LogP contribution in [0.5, 0.6) is 0 Å². The maximum Gasteiger partial charge on any atom is 1.00 e. The number of thioether (sulfide) groups is 4. The summed E-state index contributed by atoms with van der Waals surface area (Å²) in [7, 11) is 0. The molecule has 3 heterocycles. The van der Waals surface area contributed by atoms with E-state index >= 15 is 0 Å². The van der Waals surface area contributed by atoms with Crippen LogP contribution < -0.4 is 29.7 Å². The van der Waals surface area contributed by atoms with Crippen molar-refractivity contribution in [2.45, 2.75) is 66.8 Å². The SMILES string of the molecule is C/C([O-])=C1/C(=O)C2(SCCS2)[C@@H]2C[C@H]12.CCOC(=O)CCN.CCOC(=O)Cn1nc(C(F)(F)F)c2c1C1(SCCS1)[C@@H]1C[C@H]21.[Li+]. The van der Waals surface area contributed by atoms with E-state index in [0.29, 0.717) is 48.2 Å². The van der Waals surface area contributed by atoms with E-state index in [0.717, 1.165) is 35.9 Å². The molecule has 7 rings (SSSR count). The number of fused-ring (bicyclic) bond motifs is 7. The molecule has 1 aromatic rings. The number of esters is 2. The van der Waals surface area contributed by atoms with Gasteiger partial charge in [-0.25, -0.2) is 0 Å². The normalized spacial score (nSPS) is 27.8. The van der Waals surface area contributed by atoms with Crippen LogP contribution >= 0.6 is 47.0 Å². The molecule has 0 unspecified atom stereocenters. The number of nitrogens with two attached hydrogens (primary N) is 1. The predicted octanol–water partition coefficient (Wildman–Crippen LogP) is 1.13. The van der Waals surface area contributed by atoms with Crippen LogP contribution in [0, 0.1) is 17.8 Å². The molecule has 0 amide bonds. The maximum absolute atomic E-state index is 13.4. The molecule has 2 aliphatic heterocycles. The maximum atomic E-state index is 13.4. The van der Waals surface area contributed by atoms with Crippen LogP contribution in [0.3, 0.4) is 0 Å². The Balaban J connectivity index is 0.000000178. The van der Waals surface area contributed by atoms with Crippen molar-refractivity contribution in [2.75, 3.05) is 42.8 Å². The fourth-order valence-electron chi connectivity index (χ4n) is 6.74. The molecule has 3 saturated carbocycles. The van der Waals surface area contributed by atoms with E-state index in [-0.39, 0.29) is 69.5 Å². The van der Waals surface area contributed by atoms with Crippen LogP contribution in [0.1, 0.15) is 62.9 Å². The summed E-state index contributed by atoms with van der Waals surface area (Å²) in [5.41, 5.74) is 5.80. The summed E-state index contributed by atoms with van der Waals surface area (Å²) in [6, 6.07) is 0. The van der Waals surface area contributed by atoms with Crippen LogP contribution in [-0.4, -0.2) is 74.4 Å². The molecular weight excluding hydrogens is 679 g/mol. The van der Waals surface area contributed by atoms with E-state index in [1.165, 1.54) is 11.6 Å². The topological polar surface area (TPSA) is 137 Å². The number of aromatic nitrogens is 2. The van der Waals surface area contributed by atoms with E-state index in [2.05, 4.69) is 9.84 Å². The van der Waals surface area contributed by atoms with E-state index in [9.17, 15) is 32.7 Å². The monoisotopic (exact) mass is 715 g/mol. The van der Waals surface area contributed by atoms with Gasteiger partial charge in [0.2, 0.25) is 0 Å². The Morgan fingerprint density at radius 3 is 2.00 bits per heavy atom. The van der Waals surface area contributed by atoms with Gasteiger partial charge in [-0.15, -0.1) is 52.8 Å². The number of rotatable bonds is 6. The van der Waals surface area contributed by atoms with Crippen molar-refractivity contribution in [3.05, 3.63) is 28.3 Å². The van der Waals surface area contributed by atoms with Crippen LogP contribution in [-0.2, 0) is 40.7 Å². The number of nitrogens with zero attached hydrogens (tertiary/aromatic N) is 2. The minimum Gasteiger partial charge on any atom is -0.875 e. The molecule has 4 atom stereocenters. The molecule has 0 bridgehead atoms. The van der Waals surface area contributed by atoms with Gasteiger partial charge in [0.1, 0.15) is 14.7 Å². The van der Waals surface area contributed by atoms with Gasteiger partial charge < -0.3 is 20.3 Å². The minimum absolute atomic E-state index is 0. The Hall–Kier alpha value is -0.893.